The molecule has 1 aliphatic rings. The molecule has 108 valence electrons. The Bertz CT molecular complexity index is 663. The fourth-order valence-corrected chi connectivity index (χ4v) is 4.02. The Morgan fingerprint density at radius 2 is 2.00 bits per heavy atom. The molecule has 1 unspecified atom stereocenters. The Morgan fingerprint density at radius 3 is 2.53 bits per heavy atom. The summed E-state index contributed by atoms with van der Waals surface area (Å²) >= 11 is 0. The van der Waals surface area contributed by atoms with Gasteiger partial charge in [0.15, 0.2) is 0 Å². The van der Waals surface area contributed by atoms with E-state index in [1.807, 2.05) is 0 Å². The zero-order valence-corrected chi connectivity index (χ0v) is 12.5. The van der Waals surface area contributed by atoms with Crippen LogP contribution in [0.5, 0.6) is 0 Å². The van der Waals surface area contributed by atoms with Gasteiger partial charge < -0.3 is 4.57 Å². The summed E-state index contributed by atoms with van der Waals surface area (Å²) in [6.45, 7) is 1.39. The molecule has 0 radical (unpaired) electrons. The smallest absolute Gasteiger partial charge is 0.227 e. The van der Waals surface area contributed by atoms with E-state index in [9.17, 15) is 16.8 Å². The van der Waals surface area contributed by atoms with Gasteiger partial charge in [0, 0.05) is 38.3 Å². The van der Waals surface area contributed by atoms with Gasteiger partial charge in [-0.15, -0.1) is 0 Å². The normalized spacial score (nSPS) is 21.9. The summed E-state index contributed by atoms with van der Waals surface area (Å²) < 4.78 is 48.9. The van der Waals surface area contributed by atoms with Crippen LogP contribution >= 0.6 is 0 Å². The predicted octanol–water partition coefficient (Wildman–Crippen LogP) is -0.432. The van der Waals surface area contributed by atoms with Gasteiger partial charge in [-0.2, -0.15) is 0 Å². The van der Waals surface area contributed by atoms with Crippen molar-refractivity contribution in [3.8, 4) is 0 Å². The average Bonchev–Trinajstić information content (AvgIpc) is 2.84. The Hall–Kier alpha value is -0.930. The number of sulfone groups is 1. The number of nitrogens with zero attached hydrogens (tertiary/aromatic N) is 3. The molecule has 7 nitrogen and oxygen atoms in total. The highest BCUT2D eigenvalue weighted by Gasteiger charge is 2.29. The topological polar surface area (TPSA) is 89.3 Å². The van der Waals surface area contributed by atoms with E-state index in [4.69, 9.17) is 0 Å². The number of rotatable bonds is 4. The number of aromatic nitrogens is 2. The van der Waals surface area contributed by atoms with Gasteiger partial charge in [0.25, 0.3) is 0 Å². The Kier molecular flexibility index (Phi) is 3.72. The highest BCUT2D eigenvalue weighted by Crippen LogP contribution is 2.21. The second-order valence-corrected chi connectivity index (χ2v) is 8.80. The van der Waals surface area contributed by atoms with E-state index in [1.165, 1.54) is 16.8 Å². The Balaban J connectivity index is 2.11. The average molecular weight is 307 g/mol. The van der Waals surface area contributed by atoms with Crippen LogP contribution in [0.3, 0.4) is 0 Å². The van der Waals surface area contributed by atoms with Crippen LogP contribution in [0.25, 0.3) is 0 Å². The summed E-state index contributed by atoms with van der Waals surface area (Å²) in [5.74, 6) is 0.115. The minimum atomic E-state index is -3.35. The molecule has 1 aliphatic heterocycles. The van der Waals surface area contributed by atoms with Crippen LogP contribution in [0.2, 0.25) is 0 Å². The largest absolute Gasteiger partial charge is 0.322 e. The van der Waals surface area contributed by atoms with Gasteiger partial charge in [0.1, 0.15) is 0 Å². The molecule has 1 atom stereocenters. The first-order valence-electron chi connectivity index (χ1n) is 5.84. The molecule has 0 spiro atoms. The first-order chi connectivity index (χ1) is 8.68. The van der Waals surface area contributed by atoms with Crippen molar-refractivity contribution in [2.75, 3.05) is 25.6 Å². The molecule has 0 amide bonds. The lowest BCUT2D eigenvalue weighted by Crippen LogP contribution is -2.28. The summed E-state index contributed by atoms with van der Waals surface area (Å²) in [7, 11) is -6.52. The van der Waals surface area contributed by atoms with Crippen molar-refractivity contribution in [2.24, 2.45) is 5.92 Å². The summed E-state index contributed by atoms with van der Waals surface area (Å²) in [6.07, 6.45) is 6.09. The van der Waals surface area contributed by atoms with Gasteiger partial charge >= 0.3 is 0 Å². The van der Waals surface area contributed by atoms with E-state index >= 15 is 0 Å². The molecule has 2 rings (SSSR count). The zero-order valence-electron chi connectivity index (χ0n) is 10.9. The molecule has 0 bridgehead atoms. The third-order valence-electron chi connectivity index (χ3n) is 3.18. The highest BCUT2D eigenvalue weighted by molar-refractivity contribution is 7.90. The predicted molar refractivity (Wildman–Crippen MR) is 69.9 cm³/mol. The van der Waals surface area contributed by atoms with Gasteiger partial charge in [-0.05, 0) is 12.3 Å². The number of sulfonamides is 1. The van der Waals surface area contributed by atoms with Crippen LogP contribution in [0.15, 0.2) is 17.6 Å². The standard InChI is InChI=1S/C10H17N3O4S2/c1-18(14,15)10-11-4-6-12(10)7-9-3-5-13(8-9)19(2,16)17/h4,6,9H,3,5,7-8H2,1-2H3. The molecule has 1 aromatic heterocycles. The lowest BCUT2D eigenvalue weighted by molar-refractivity contribution is 0.417. The molecule has 0 aliphatic carbocycles. The summed E-state index contributed by atoms with van der Waals surface area (Å²) in [6, 6.07) is 0. The van der Waals surface area contributed by atoms with Gasteiger partial charge in [-0.25, -0.2) is 26.1 Å². The first kappa shape index (κ1) is 14.5. The van der Waals surface area contributed by atoms with Crippen LogP contribution in [-0.4, -0.2) is 56.3 Å². The molecule has 19 heavy (non-hydrogen) atoms. The van der Waals surface area contributed by atoms with Crippen molar-refractivity contribution in [3.63, 3.8) is 0 Å². The molecular weight excluding hydrogens is 290 g/mol. The van der Waals surface area contributed by atoms with Crippen molar-refractivity contribution >= 4 is 19.9 Å². The molecule has 1 aromatic rings. The fraction of sp³-hybridized carbons (Fsp3) is 0.700. The molecule has 9 heteroatoms. The van der Waals surface area contributed by atoms with Crippen molar-refractivity contribution in [1.29, 1.82) is 0 Å². The lowest BCUT2D eigenvalue weighted by atomic mass is 10.1. The zero-order chi connectivity index (χ0) is 14.3. The van der Waals surface area contributed by atoms with Crippen LogP contribution in [0, 0.1) is 5.92 Å². The summed E-state index contributed by atoms with van der Waals surface area (Å²) in [5, 5.41) is 0.0327. The number of hydrogen-bond donors (Lipinski definition) is 0. The molecule has 0 N–H and O–H groups in total. The number of hydrogen-bond acceptors (Lipinski definition) is 5. The van der Waals surface area contributed by atoms with E-state index in [1.54, 1.807) is 10.8 Å². The minimum absolute atomic E-state index is 0.0327. The third kappa shape index (κ3) is 3.34. The lowest BCUT2D eigenvalue weighted by Gasteiger charge is -2.14. The van der Waals surface area contributed by atoms with Crippen LogP contribution in [0.4, 0.5) is 0 Å². The maximum absolute atomic E-state index is 11.5. The fourth-order valence-electron chi connectivity index (χ4n) is 2.29. The third-order valence-corrected chi connectivity index (χ3v) is 5.45. The van der Waals surface area contributed by atoms with Crippen molar-refractivity contribution in [3.05, 3.63) is 12.4 Å². The maximum atomic E-state index is 11.5. The molecule has 0 saturated carbocycles. The van der Waals surface area contributed by atoms with Crippen LogP contribution < -0.4 is 0 Å². The van der Waals surface area contributed by atoms with E-state index in [0.29, 0.717) is 19.6 Å². The Morgan fingerprint density at radius 1 is 1.32 bits per heavy atom. The van der Waals surface area contributed by atoms with Crippen LogP contribution in [0.1, 0.15) is 6.42 Å². The quantitative estimate of drug-likeness (QED) is 0.753. The first-order valence-corrected chi connectivity index (χ1v) is 9.58. The van der Waals surface area contributed by atoms with Crippen molar-refractivity contribution in [1.82, 2.24) is 13.9 Å². The summed E-state index contributed by atoms with van der Waals surface area (Å²) in [5.41, 5.74) is 0. The molecular formula is C10H17N3O4S2. The van der Waals surface area contributed by atoms with E-state index < -0.39 is 19.9 Å². The minimum Gasteiger partial charge on any atom is -0.322 e. The summed E-state index contributed by atoms with van der Waals surface area (Å²) in [4.78, 5) is 3.84. The van der Waals surface area contributed by atoms with E-state index in [0.717, 1.165) is 12.7 Å². The van der Waals surface area contributed by atoms with E-state index in [-0.39, 0.29) is 11.1 Å². The van der Waals surface area contributed by atoms with Gasteiger partial charge in [-0.1, -0.05) is 0 Å². The Labute approximate surface area is 113 Å². The second kappa shape index (κ2) is 4.88. The SMILES string of the molecule is CS(=O)(=O)c1nccn1CC1CCN(S(C)(=O)=O)C1. The van der Waals surface area contributed by atoms with Gasteiger partial charge in [-0.3, -0.25) is 0 Å². The molecule has 1 fully saturated rings. The van der Waals surface area contributed by atoms with Gasteiger partial charge in [0.05, 0.1) is 6.26 Å². The van der Waals surface area contributed by atoms with Crippen molar-refractivity contribution in [2.45, 2.75) is 18.1 Å². The van der Waals surface area contributed by atoms with E-state index in [2.05, 4.69) is 4.98 Å². The molecule has 1 saturated heterocycles. The maximum Gasteiger partial charge on any atom is 0.227 e. The number of imidazole rings is 1. The van der Waals surface area contributed by atoms with Crippen molar-refractivity contribution < 1.29 is 16.8 Å². The molecule has 0 aromatic carbocycles. The van der Waals surface area contributed by atoms with Gasteiger partial charge in [0.2, 0.25) is 25.0 Å². The highest BCUT2D eigenvalue weighted by atomic mass is 32.2. The molecule has 2 heterocycles. The second-order valence-electron chi connectivity index (χ2n) is 4.91. The van der Waals surface area contributed by atoms with Crippen LogP contribution in [-0.2, 0) is 26.4 Å². The monoisotopic (exact) mass is 307 g/mol.